The first-order chi connectivity index (χ1) is 15.3. The first-order valence-electron chi connectivity index (χ1n) is 9.99. The van der Waals surface area contributed by atoms with Crippen LogP contribution in [0.25, 0.3) is 11.3 Å². The molecule has 1 amide bonds. The van der Waals surface area contributed by atoms with Crippen LogP contribution in [0.2, 0.25) is 10.0 Å². The number of rotatable bonds is 4. The minimum Gasteiger partial charge on any atom is -0.366 e. The van der Waals surface area contributed by atoms with E-state index in [0.717, 1.165) is 0 Å². The molecule has 8 nitrogen and oxygen atoms in total. The van der Waals surface area contributed by atoms with Crippen LogP contribution < -0.4 is 4.90 Å². The molecule has 1 aliphatic rings. The Morgan fingerprint density at radius 3 is 2.59 bits per heavy atom. The number of halogens is 2. The summed E-state index contributed by atoms with van der Waals surface area (Å²) in [4.78, 5) is 27.8. The van der Waals surface area contributed by atoms with Gasteiger partial charge in [-0.15, -0.1) is 0 Å². The van der Waals surface area contributed by atoms with Crippen LogP contribution in [-0.2, 0) is 0 Å². The highest BCUT2D eigenvalue weighted by atomic mass is 35.5. The van der Waals surface area contributed by atoms with E-state index in [-0.39, 0.29) is 17.6 Å². The fourth-order valence-corrected chi connectivity index (χ4v) is 4.47. The lowest BCUT2D eigenvalue weighted by Crippen LogP contribution is -2.54. The number of hydrogen-bond donors (Lipinski definition) is 0. The number of non-ortho nitro benzene ring substituents is 1. The van der Waals surface area contributed by atoms with Gasteiger partial charge in [-0.05, 0) is 26.0 Å². The lowest BCUT2D eigenvalue weighted by molar-refractivity contribution is -0.384. The summed E-state index contributed by atoms with van der Waals surface area (Å²) in [6.45, 7) is 5.15. The minimum absolute atomic E-state index is 0.0596. The number of carbonyl (C=O) groups excluding carboxylic acids is 1. The number of amides is 1. The number of benzene rings is 2. The summed E-state index contributed by atoms with van der Waals surface area (Å²) in [6.07, 6.45) is 0. The van der Waals surface area contributed by atoms with E-state index in [1.807, 2.05) is 24.0 Å². The average molecular weight is 475 g/mol. The average Bonchev–Trinajstić information content (AvgIpc) is 3.14. The molecular weight excluding hydrogens is 455 g/mol. The number of aromatic nitrogens is 1. The second kappa shape index (κ2) is 8.80. The third-order valence-corrected chi connectivity index (χ3v) is 6.21. The highest BCUT2D eigenvalue weighted by Crippen LogP contribution is 2.34. The zero-order valence-electron chi connectivity index (χ0n) is 17.4. The highest BCUT2D eigenvalue weighted by Gasteiger charge is 2.33. The van der Waals surface area contributed by atoms with E-state index in [1.165, 1.54) is 12.1 Å². The lowest BCUT2D eigenvalue weighted by atomic mass is 10.0. The number of carbonyl (C=O) groups is 1. The molecule has 0 radical (unpaired) electrons. The summed E-state index contributed by atoms with van der Waals surface area (Å²) in [6, 6.07) is 11.5. The predicted octanol–water partition coefficient (Wildman–Crippen LogP) is 5.22. The Balaban J connectivity index is 1.57. The molecule has 0 spiro atoms. The van der Waals surface area contributed by atoms with Gasteiger partial charge in [-0.1, -0.05) is 46.6 Å². The van der Waals surface area contributed by atoms with Gasteiger partial charge in [0, 0.05) is 43.4 Å². The van der Waals surface area contributed by atoms with Crippen LogP contribution in [0.4, 0.5) is 11.4 Å². The molecule has 32 heavy (non-hydrogen) atoms. The van der Waals surface area contributed by atoms with Crippen molar-refractivity contribution >= 4 is 40.5 Å². The summed E-state index contributed by atoms with van der Waals surface area (Å²) in [5, 5.41) is 15.9. The number of nitro groups is 1. The van der Waals surface area contributed by atoms with Crippen molar-refractivity contribution in [2.75, 3.05) is 24.5 Å². The molecule has 4 rings (SSSR count). The molecule has 1 aromatic heterocycles. The predicted molar refractivity (Wildman–Crippen MR) is 123 cm³/mol. The second-order valence-corrected chi connectivity index (χ2v) is 8.44. The topological polar surface area (TPSA) is 92.7 Å². The molecule has 1 aliphatic heterocycles. The first kappa shape index (κ1) is 22.1. The minimum atomic E-state index is -0.479. The van der Waals surface area contributed by atoms with Crippen LogP contribution in [0, 0.1) is 17.0 Å². The van der Waals surface area contributed by atoms with E-state index >= 15 is 0 Å². The SMILES string of the molecule is Cc1onc(-c2ccccc2Cl)c1C(=O)N1CCN(c2ccc([N+](=O)[O-])cc2Cl)CC1C. The molecule has 0 aliphatic carbocycles. The van der Waals surface area contributed by atoms with Gasteiger partial charge in [0.25, 0.3) is 11.6 Å². The first-order valence-corrected chi connectivity index (χ1v) is 10.7. The van der Waals surface area contributed by atoms with Gasteiger partial charge in [0.1, 0.15) is 17.0 Å². The maximum Gasteiger partial charge on any atom is 0.271 e. The van der Waals surface area contributed by atoms with Crippen molar-refractivity contribution in [3.8, 4) is 11.3 Å². The summed E-state index contributed by atoms with van der Waals surface area (Å²) in [7, 11) is 0. The van der Waals surface area contributed by atoms with Gasteiger partial charge in [0.05, 0.1) is 20.7 Å². The normalized spacial score (nSPS) is 16.3. The summed E-state index contributed by atoms with van der Waals surface area (Å²) in [5.74, 6) is 0.249. The van der Waals surface area contributed by atoms with Crippen LogP contribution in [-0.4, -0.2) is 46.6 Å². The number of nitrogens with zero attached hydrogens (tertiary/aromatic N) is 4. The van der Waals surface area contributed by atoms with Gasteiger partial charge in [0.2, 0.25) is 0 Å². The summed E-state index contributed by atoms with van der Waals surface area (Å²) < 4.78 is 5.35. The van der Waals surface area contributed by atoms with Crippen LogP contribution in [0.5, 0.6) is 0 Å². The third kappa shape index (κ3) is 4.03. The van der Waals surface area contributed by atoms with E-state index in [1.54, 1.807) is 30.0 Å². The molecule has 166 valence electrons. The molecule has 0 saturated carbocycles. The fourth-order valence-electron chi connectivity index (χ4n) is 3.95. The number of piperazine rings is 1. The van der Waals surface area contributed by atoms with Gasteiger partial charge in [-0.2, -0.15) is 0 Å². The Labute approximate surface area is 194 Å². The van der Waals surface area contributed by atoms with Crippen molar-refractivity contribution in [3.05, 3.63) is 73.9 Å². The van der Waals surface area contributed by atoms with E-state index < -0.39 is 4.92 Å². The molecular formula is C22H20Cl2N4O4. The van der Waals surface area contributed by atoms with Crippen molar-refractivity contribution in [3.63, 3.8) is 0 Å². The Morgan fingerprint density at radius 1 is 1.19 bits per heavy atom. The summed E-state index contributed by atoms with van der Waals surface area (Å²) in [5.41, 5.74) is 2.10. The van der Waals surface area contributed by atoms with Gasteiger partial charge in [-0.3, -0.25) is 14.9 Å². The molecule has 2 aromatic carbocycles. The number of nitro benzene ring substituents is 1. The monoisotopic (exact) mass is 474 g/mol. The molecule has 1 atom stereocenters. The van der Waals surface area contributed by atoms with Crippen LogP contribution in [0.15, 0.2) is 47.0 Å². The summed E-state index contributed by atoms with van der Waals surface area (Å²) >= 11 is 12.6. The maximum absolute atomic E-state index is 13.5. The van der Waals surface area contributed by atoms with Gasteiger partial charge in [-0.25, -0.2) is 0 Å². The molecule has 1 saturated heterocycles. The van der Waals surface area contributed by atoms with Gasteiger partial charge < -0.3 is 14.3 Å². The molecule has 10 heteroatoms. The molecule has 0 N–H and O–H groups in total. The fraction of sp³-hybridized carbons (Fsp3) is 0.273. The quantitative estimate of drug-likeness (QED) is 0.380. The van der Waals surface area contributed by atoms with E-state index in [4.69, 9.17) is 27.7 Å². The van der Waals surface area contributed by atoms with E-state index in [2.05, 4.69) is 5.16 Å². The van der Waals surface area contributed by atoms with Crippen molar-refractivity contribution in [2.45, 2.75) is 19.9 Å². The second-order valence-electron chi connectivity index (χ2n) is 7.63. The number of anilines is 1. The van der Waals surface area contributed by atoms with Gasteiger partial charge >= 0.3 is 0 Å². The van der Waals surface area contributed by atoms with Crippen LogP contribution in [0.3, 0.4) is 0 Å². The van der Waals surface area contributed by atoms with E-state index in [0.29, 0.717) is 57.9 Å². The Bertz CT molecular complexity index is 1200. The largest absolute Gasteiger partial charge is 0.366 e. The lowest BCUT2D eigenvalue weighted by Gasteiger charge is -2.41. The van der Waals surface area contributed by atoms with E-state index in [9.17, 15) is 14.9 Å². The van der Waals surface area contributed by atoms with Crippen LogP contribution >= 0.6 is 23.2 Å². The number of hydrogen-bond acceptors (Lipinski definition) is 6. The Morgan fingerprint density at radius 2 is 1.94 bits per heavy atom. The molecule has 1 fully saturated rings. The zero-order valence-corrected chi connectivity index (χ0v) is 18.9. The van der Waals surface area contributed by atoms with Crippen molar-refractivity contribution in [1.82, 2.24) is 10.1 Å². The maximum atomic E-state index is 13.5. The Kier molecular flexibility index (Phi) is 6.08. The highest BCUT2D eigenvalue weighted by molar-refractivity contribution is 6.33. The molecule has 1 unspecified atom stereocenters. The van der Waals surface area contributed by atoms with Crippen LogP contribution in [0.1, 0.15) is 23.0 Å². The third-order valence-electron chi connectivity index (χ3n) is 5.58. The molecule has 3 aromatic rings. The standard InChI is InChI=1S/C22H20Cl2N4O4/c1-13-12-26(19-8-7-15(28(30)31)11-18(19)24)9-10-27(13)22(29)20-14(2)32-25-21(20)16-5-3-4-6-17(16)23/h3-8,11,13H,9-10,12H2,1-2H3. The molecule has 2 heterocycles. The zero-order chi connectivity index (χ0) is 23.0. The van der Waals surface area contributed by atoms with Gasteiger partial charge in [0.15, 0.2) is 0 Å². The van der Waals surface area contributed by atoms with Crippen molar-refractivity contribution in [1.29, 1.82) is 0 Å². The van der Waals surface area contributed by atoms with Crippen molar-refractivity contribution in [2.24, 2.45) is 0 Å². The Hall–Kier alpha value is -3.10. The smallest absolute Gasteiger partial charge is 0.271 e. The van der Waals surface area contributed by atoms with Crippen molar-refractivity contribution < 1.29 is 14.2 Å². The number of aryl methyl sites for hydroxylation is 1. The molecule has 0 bridgehead atoms.